The number of methoxy groups -OCH3 is 2. The number of fused-ring (bicyclic) bond motifs is 1. The van der Waals surface area contributed by atoms with Crippen LogP contribution < -0.4 is 14.8 Å². The van der Waals surface area contributed by atoms with Crippen molar-refractivity contribution in [1.82, 2.24) is 0 Å². The molecule has 2 aromatic rings. The summed E-state index contributed by atoms with van der Waals surface area (Å²) >= 11 is 0. The van der Waals surface area contributed by atoms with Gasteiger partial charge in [-0.25, -0.2) is 4.79 Å². The van der Waals surface area contributed by atoms with Gasteiger partial charge in [-0.15, -0.1) is 0 Å². The minimum atomic E-state index is -0.498. The van der Waals surface area contributed by atoms with E-state index in [2.05, 4.69) is 5.32 Å². The van der Waals surface area contributed by atoms with Crippen LogP contribution in [0.2, 0.25) is 0 Å². The van der Waals surface area contributed by atoms with Crippen LogP contribution in [-0.2, 0) is 22.4 Å². The Labute approximate surface area is 152 Å². The normalized spacial score (nSPS) is 12.2. The molecule has 2 aromatic carbocycles. The number of nitrogens with one attached hydrogen (secondary N) is 1. The first kappa shape index (κ1) is 17.8. The summed E-state index contributed by atoms with van der Waals surface area (Å²) in [7, 11) is 3.05. The Morgan fingerprint density at radius 1 is 0.962 bits per heavy atom. The van der Waals surface area contributed by atoms with Gasteiger partial charge in [0.25, 0.3) is 5.91 Å². The molecule has 0 bridgehead atoms. The van der Waals surface area contributed by atoms with E-state index in [-0.39, 0.29) is 6.61 Å². The summed E-state index contributed by atoms with van der Waals surface area (Å²) < 4.78 is 15.5. The fourth-order valence-electron chi connectivity index (χ4n) is 3.02. The lowest BCUT2D eigenvalue weighted by Crippen LogP contribution is -2.21. The second-order valence-electron chi connectivity index (χ2n) is 6.03. The summed E-state index contributed by atoms with van der Waals surface area (Å²) in [6.07, 6.45) is 3.15. The molecule has 0 atom stereocenters. The zero-order valence-corrected chi connectivity index (χ0v) is 14.8. The Kier molecular flexibility index (Phi) is 5.41. The molecule has 136 valence electrons. The summed E-state index contributed by atoms with van der Waals surface area (Å²) in [4.78, 5) is 24.2. The summed E-state index contributed by atoms with van der Waals surface area (Å²) in [5.41, 5.74) is 3.48. The van der Waals surface area contributed by atoms with Gasteiger partial charge in [0.2, 0.25) is 0 Å². The molecule has 26 heavy (non-hydrogen) atoms. The predicted molar refractivity (Wildman–Crippen MR) is 96.9 cm³/mol. The van der Waals surface area contributed by atoms with E-state index in [4.69, 9.17) is 14.2 Å². The van der Waals surface area contributed by atoms with E-state index in [1.165, 1.54) is 25.3 Å². The fraction of sp³-hybridized carbons (Fsp3) is 0.300. The van der Waals surface area contributed by atoms with Gasteiger partial charge < -0.3 is 19.5 Å². The van der Waals surface area contributed by atoms with Crippen LogP contribution in [0, 0.1) is 0 Å². The van der Waals surface area contributed by atoms with Crippen molar-refractivity contribution in [3.63, 3.8) is 0 Å². The molecule has 0 spiro atoms. The Morgan fingerprint density at radius 3 is 2.50 bits per heavy atom. The SMILES string of the molecule is COc1ccc(NC(=O)COC(=O)c2ccc3c(c2)CCC3)cc1OC. The molecular formula is C20H21NO5. The van der Waals surface area contributed by atoms with Gasteiger partial charge in [0.15, 0.2) is 18.1 Å². The minimum Gasteiger partial charge on any atom is -0.493 e. The monoisotopic (exact) mass is 355 g/mol. The molecule has 3 rings (SSSR count). The molecule has 0 radical (unpaired) electrons. The topological polar surface area (TPSA) is 73.9 Å². The zero-order valence-electron chi connectivity index (χ0n) is 14.8. The number of carbonyl (C=O) groups is 2. The van der Waals surface area contributed by atoms with Crippen LogP contribution >= 0.6 is 0 Å². The standard InChI is InChI=1S/C20H21NO5/c1-24-17-9-8-16(11-18(17)25-2)21-19(22)12-26-20(23)15-7-6-13-4-3-5-14(13)10-15/h6-11H,3-5,12H2,1-2H3,(H,21,22). The molecular weight excluding hydrogens is 334 g/mol. The number of hydrogen-bond acceptors (Lipinski definition) is 5. The maximum atomic E-state index is 12.1. The Hall–Kier alpha value is -3.02. The quantitative estimate of drug-likeness (QED) is 0.807. The summed E-state index contributed by atoms with van der Waals surface area (Å²) in [5, 5.41) is 2.66. The van der Waals surface area contributed by atoms with E-state index in [9.17, 15) is 9.59 Å². The molecule has 6 heteroatoms. The minimum absolute atomic E-state index is 0.357. The highest BCUT2D eigenvalue weighted by molar-refractivity contribution is 5.95. The van der Waals surface area contributed by atoms with E-state index in [0.29, 0.717) is 22.7 Å². The smallest absolute Gasteiger partial charge is 0.338 e. The molecule has 1 N–H and O–H groups in total. The molecule has 1 aliphatic carbocycles. The summed E-state index contributed by atoms with van der Waals surface area (Å²) in [6, 6.07) is 10.6. The van der Waals surface area contributed by atoms with Gasteiger partial charge in [-0.05, 0) is 54.7 Å². The molecule has 0 fully saturated rings. The van der Waals surface area contributed by atoms with Crippen LogP contribution in [0.15, 0.2) is 36.4 Å². The van der Waals surface area contributed by atoms with E-state index in [1.54, 1.807) is 24.3 Å². The second kappa shape index (κ2) is 7.91. The van der Waals surface area contributed by atoms with Gasteiger partial charge in [0.1, 0.15) is 0 Å². The molecule has 0 saturated heterocycles. The number of ether oxygens (including phenoxy) is 3. The summed E-state index contributed by atoms with van der Waals surface area (Å²) in [6.45, 7) is -0.357. The maximum absolute atomic E-state index is 12.1. The number of esters is 1. The predicted octanol–water partition coefficient (Wildman–Crippen LogP) is 2.99. The molecule has 0 unspecified atom stereocenters. The average molecular weight is 355 g/mol. The second-order valence-corrected chi connectivity index (χ2v) is 6.03. The van der Waals surface area contributed by atoms with Crippen molar-refractivity contribution in [2.75, 3.05) is 26.1 Å². The largest absolute Gasteiger partial charge is 0.493 e. The van der Waals surface area contributed by atoms with Crippen LogP contribution in [0.3, 0.4) is 0 Å². The van der Waals surface area contributed by atoms with Crippen molar-refractivity contribution in [3.05, 3.63) is 53.1 Å². The number of benzene rings is 2. The highest BCUT2D eigenvalue weighted by Gasteiger charge is 2.16. The van der Waals surface area contributed by atoms with Crippen LogP contribution in [0.4, 0.5) is 5.69 Å². The van der Waals surface area contributed by atoms with Gasteiger partial charge in [0.05, 0.1) is 19.8 Å². The van der Waals surface area contributed by atoms with Crippen LogP contribution in [0.25, 0.3) is 0 Å². The Bertz CT molecular complexity index is 831. The molecule has 0 saturated carbocycles. The molecule has 0 aliphatic heterocycles. The number of aryl methyl sites for hydroxylation is 2. The van der Waals surface area contributed by atoms with Gasteiger partial charge >= 0.3 is 5.97 Å². The van der Waals surface area contributed by atoms with Crippen molar-refractivity contribution in [3.8, 4) is 11.5 Å². The third kappa shape index (κ3) is 3.96. The first-order valence-electron chi connectivity index (χ1n) is 8.41. The highest BCUT2D eigenvalue weighted by atomic mass is 16.5. The van der Waals surface area contributed by atoms with E-state index in [1.807, 2.05) is 12.1 Å². The number of amides is 1. The molecule has 0 aromatic heterocycles. The van der Waals surface area contributed by atoms with E-state index < -0.39 is 11.9 Å². The van der Waals surface area contributed by atoms with Crippen LogP contribution in [0.1, 0.15) is 27.9 Å². The number of hydrogen-bond donors (Lipinski definition) is 1. The number of anilines is 1. The molecule has 6 nitrogen and oxygen atoms in total. The summed E-state index contributed by atoms with van der Waals surface area (Å²) in [5.74, 6) is 0.142. The van der Waals surface area contributed by atoms with Crippen molar-refractivity contribution < 1.29 is 23.8 Å². The third-order valence-corrected chi connectivity index (χ3v) is 4.34. The van der Waals surface area contributed by atoms with Gasteiger partial charge in [-0.1, -0.05) is 6.07 Å². The Balaban J connectivity index is 1.56. The average Bonchev–Trinajstić information content (AvgIpc) is 3.13. The lowest BCUT2D eigenvalue weighted by Gasteiger charge is -2.11. The van der Waals surface area contributed by atoms with Gasteiger partial charge in [0, 0.05) is 11.8 Å². The zero-order chi connectivity index (χ0) is 18.5. The molecule has 0 heterocycles. The number of rotatable bonds is 6. The highest BCUT2D eigenvalue weighted by Crippen LogP contribution is 2.29. The maximum Gasteiger partial charge on any atom is 0.338 e. The van der Waals surface area contributed by atoms with Crippen molar-refractivity contribution in [1.29, 1.82) is 0 Å². The lowest BCUT2D eigenvalue weighted by molar-refractivity contribution is -0.119. The van der Waals surface area contributed by atoms with Crippen molar-refractivity contribution >= 4 is 17.6 Å². The molecule has 1 amide bonds. The van der Waals surface area contributed by atoms with Crippen LogP contribution in [0.5, 0.6) is 11.5 Å². The van der Waals surface area contributed by atoms with Gasteiger partial charge in [-0.3, -0.25) is 4.79 Å². The Morgan fingerprint density at radius 2 is 1.73 bits per heavy atom. The first-order chi connectivity index (χ1) is 12.6. The number of carbonyl (C=O) groups excluding carboxylic acids is 2. The first-order valence-corrected chi connectivity index (χ1v) is 8.41. The van der Waals surface area contributed by atoms with Crippen molar-refractivity contribution in [2.45, 2.75) is 19.3 Å². The third-order valence-electron chi connectivity index (χ3n) is 4.34. The van der Waals surface area contributed by atoms with Crippen molar-refractivity contribution in [2.24, 2.45) is 0 Å². The van der Waals surface area contributed by atoms with E-state index >= 15 is 0 Å². The van der Waals surface area contributed by atoms with Crippen LogP contribution in [-0.4, -0.2) is 32.7 Å². The lowest BCUT2D eigenvalue weighted by atomic mass is 10.1. The van der Waals surface area contributed by atoms with Gasteiger partial charge in [-0.2, -0.15) is 0 Å². The molecule has 1 aliphatic rings. The van der Waals surface area contributed by atoms with E-state index in [0.717, 1.165) is 19.3 Å². The fourth-order valence-corrected chi connectivity index (χ4v) is 3.02.